The first kappa shape index (κ1) is 20.7. The van der Waals surface area contributed by atoms with Gasteiger partial charge in [0.15, 0.2) is 5.12 Å². The van der Waals surface area contributed by atoms with Crippen molar-refractivity contribution in [3.05, 3.63) is 23.9 Å². The van der Waals surface area contributed by atoms with Gasteiger partial charge in [-0.15, -0.1) is 0 Å². The molecule has 7 nitrogen and oxygen atoms in total. The summed E-state index contributed by atoms with van der Waals surface area (Å²) in [6, 6.07) is 0. The van der Waals surface area contributed by atoms with Gasteiger partial charge in [0.25, 0.3) is 0 Å². The molecule has 1 aliphatic heterocycles. The fourth-order valence-corrected chi connectivity index (χ4v) is 3.79. The standard InChI is InChI=1S/C15H24N2O5S2/c1-5-8-22-15(19)14(11(2)9-16-24(4,20)21)17-7-6-13(10-17)23-12(3)18/h5,13,16H,1,6-10H2,2-4H3/b14-11-. The monoisotopic (exact) mass is 376 g/mol. The molecule has 9 heteroatoms. The number of nitrogens with zero attached hydrogens (tertiary/aromatic N) is 1. The first-order chi connectivity index (χ1) is 11.1. The van der Waals surface area contributed by atoms with Gasteiger partial charge in [-0.05, 0) is 18.9 Å². The van der Waals surface area contributed by atoms with Crippen LogP contribution in [-0.4, -0.2) is 62.1 Å². The molecule has 0 aliphatic carbocycles. The van der Waals surface area contributed by atoms with Gasteiger partial charge in [0.2, 0.25) is 10.0 Å². The highest BCUT2D eigenvalue weighted by molar-refractivity contribution is 8.14. The summed E-state index contributed by atoms with van der Waals surface area (Å²) in [7, 11) is -3.37. The molecule has 0 aromatic carbocycles. The maximum absolute atomic E-state index is 12.4. The maximum atomic E-state index is 12.4. The number of hydrogen-bond donors (Lipinski definition) is 1. The summed E-state index contributed by atoms with van der Waals surface area (Å²) >= 11 is 1.26. The van der Waals surface area contributed by atoms with Crippen LogP contribution in [-0.2, 0) is 24.3 Å². The normalized spacial score (nSPS) is 19.0. The molecule has 0 bridgehead atoms. The molecule has 0 saturated carbocycles. The number of ether oxygens (including phenoxy) is 1. The van der Waals surface area contributed by atoms with Gasteiger partial charge in [-0.2, -0.15) is 0 Å². The van der Waals surface area contributed by atoms with E-state index < -0.39 is 16.0 Å². The largest absolute Gasteiger partial charge is 0.457 e. The number of rotatable bonds is 8. The van der Waals surface area contributed by atoms with Crippen LogP contribution >= 0.6 is 11.8 Å². The molecular formula is C15H24N2O5S2. The SMILES string of the molecule is C=CCOC(=O)/C(=C(\C)CNS(C)(=O)=O)N1CCC(SC(C)=O)C1. The topological polar surface area (TPSA) is 92.8 Å². The van der Waals surface area contributed by atoms with Crippen LogP contribution in [0.3, 0.4) is 0 Å². The second kappa shape index (κ2) is 9.24. The third-order valence-electron chi connectivity index (χ3n) is 3.32. The number of carbonyl (C=O) groups is 2. The van der Waals surface area contributed by atoms with E-state index in [4.69, 9.17) is 4.74 Å². The molecule has 24 heavy (non-hydrogen) atoms. The number of thioether (sulfide) groups is 1. The van der Waals surface area contributed by atoms with Crippen LogP contribution in [0, 0.1) is 0 Å². The second-order valence-corrected chi connectivity index (χ2v) is 8.89. The molecule has 0 spiro atoms. The lowest BCUT2D eigenvalue weighted by Crippen LogP contribution is -2.32. The Balaban J connectivity index is 2.95. The molecule has 1 unspecified atom stereocenters. The average molecular weight is 377 g/mol. The quantitative estimate of drug-likeness (QED) is 0.382. The zero-order valence-electron chi connectivity index (χ0n) is 14.2. The van der Waals surface area contributed by atoms with Gasteiger partial charge >= 0.3 is 5.97 Å². The van der Waals surface area contributed by atoms with Crippen LogP contribution < -0.4 is 4.72 Å². The van der Waals surface area contributed by atoms with E-state index in [0.717, 1.165) is 12.7 Å². The summed E-state index contributed by atoms with van der Waals surface area (Å²) in [6.07, 6.45) is 3.30. The molecule has 136 valence electrons. The molecule has 1 atom stereocenters. The number of carbonyl (C=O) groups excluding carboxylic acids is 2. The van der Waals surface area contributed by atoms with Crippen LogP contribution in [0.25, 0.3) is 0 Å². The van der Waals surface area contributed by atoms with E-state index in [1.807, 2.05) is 4.90 Å². The number of likely N-dealkylation sites (tertiary alicyclic amines) is 1. The van der Waals surface area contributed by atoms with Crippen molar-refractivity contribution in [1.82, 2.24) is 9.62 Å². The first-order valence-electron chi connectivity index (χ1n) is 7.48. The first-order valence-corrected chi connectivity index (χ1v) is 10.3. The van der Waals surface area contributed by atoms with Crippen LogP contribution in [0.4, 0.5) is 0 Å². The van der Waals surface area contributed by atoms with Crippen molar-refractivity contribution in [2.45, 2.75) is 25.5 Å². The van der Waals surface area contributed by atoms with Crippen molar-refractivity contribution < 1.29 is 22.7 Å². The lowest BCUT2D eigenvalue weighted by Gasteiger charge is -2.23. The number of sulfonamides is 1. The Morgan fingerprint density at radius 2 is 2.08 bits per heavy atom. The van der Waals surface area contributed by atoms with Crippen LogP contribution in [0.15, 0.2) is 23.9 Å². The zero-order chi connectivity index (χ0) is 18.3. The highest BCUT2D eigenvalue weighted by atomic mass is 32.2. The lowest BCUT2D eigenvalue weighted by molar-refractivity contribution is -0.139. The third-order valence-corrected chi connectivity index (χ3v) is 5.04. The van der Waals surface area contributed by atoms with Crippen molar-refractivity contribution in [3.8, 4) is 0 Å². The molecule has 0 amide bonds. The molecule has 0 aromatic heterocycles. The summed E-state index contributed by atoms with van der Waals surface area (Å²) in [5, 5.41) is 0.150. The lowest BCUT2D eigenvalue weighted by atomic mass is 10.2. The summed E-state index contributed by atoms with van der Waals surface area (Å²) in [5.74, 6) is -0.517. The van der Waals surface area contributed by atoms with Gasteiger partial charge < -0.3 is 9.64 Å². The Bertz CT molecular complexity index is 628. The van der Waals surface area contributed by atoms with Crippen molar-refractivity contribution in [2.24, 2.45) is 0 Å². The van der Waals surface area contributed by atoms with Crippen LogP contribution in [0.1, 0.15) is 20.3 Å². The maximum Gasteiger partial charge on any atom is 0.354 e. The fourth-order valence-electron chi connectivity index (χ4n) is 2.36. The van der Waals surface area contributed by atoms with Gasteiger partial charge in [0.1, 0.15) is 12.3 Å². The average Bonchev–Trinajstić information content (AvgIpc) is 2.89. The van der Waals surface area contributed by atoms with Gasteiger partial charge in [-0.3, -0.25) is 4.79 Å². The third kappa shape index (κ3) is 7.06. The molecule has 1 heterocycles. The van der Waals surface area contributed by atoms with E-state index in [9.17, 15) is 18.0 Å². The smallest absolute Gasteiger partial charge is 0.354 e. The predicted molar refractivity (Wildman–Crippen MR) is 95.0 cm³/mol. The van der Waals surface area contributed by atoms with Gasteiger partial charge in [-0.25, -0.2) is 17.9 Å². The summed E-state index contributed by atoms with van der Waals surface area (Å²) in [5.41, 5.74) is 0.919. The summed E-state index contributed by atoms with van der Waals surface area (Å²) in [6.45, 7) is 7.97. The minimum absolute atomic E-state index is 0.0262. The van der Waals surface area contributed by atoms with E-state index in [2.05, 4.69) is 11.3 Å². The van der Waals surface area contributed by atoms with Crippen molar-refractivity contribution in [2.75, 3.05) is 32.5 Å². The molecule has 1 fully saturated rings. The van der Waals surface area contributed by atoms with E-state index in [1.165, 1.54) is 24.8 Å². The second-order valence-electron chi connectivity index (χ2n) is 5.58. The predicted octanol–water partition coefficient (Wildman–Crippen LogP) is 0.893. The number of nitrogens with one attached hydrogen (secondary N) is 1. The van der Waals surface area contributed by atoms with E-state index in [-0.39, 0.29) is 23.5 Å². The Morgan fingerprint density at radius 1 is 1.42 bits per heavy atom. The van der Waals surface area contributed by atoms with Crippen molar-refractivity contribution in [1.29, 1.82) is 0 Å². The van der Waals surface area contributed by atoms with E-state index >= 15 is 0 Å². The Labute approximate surface area is 147 Å². The highest BCUT2D eigenvalue weighted by Gasteiger charge is 2.30. The highest BCUT2D eigenvalue weighted by Crippen LogP contribution is 2.27. The fraction of sp³-hybridized carbons (Fsp3) is 0.600. The molecule has 0 radical (unpaired) electrons. The molecule has 1 N–H and O–H groups in total. The molecule has 1 aliphatic rings. The molecule has 1 rings (SSSR count). The molecular weight excluding hydrogens is 352 g/mol. The summed E-state index contributed by atoms with van der Waals surface area (Å²) in [4.78, 5) is 25.5. The Morgan fingerprint density at radius 3 is 2.62 bits per heavy atom. The summed E-state index contributed by atoms with van der Waals surface area (Å²) < 4.78 is 30.1. The van der Waals surface area contributed by atoms with Crippen LogP contribution in [0.2, 0.25) is 0 Å². The Hall–Kier alpha value is -1.32. The zero-order valence-corrected chi connectivity index (χ0v) is 15.8. The van der Waals surface area contributed by atoms with Gasteiger partial charge in [0, 0.05) is 31.8 Å². The number of hydrogen-bond acceptors (Lipinski definition) is 7. The number of esters is 1. The molecule has 1 saturated heterocycles. The molecule has 0 aromatic rings. The minimum Gasteiger partial charge on any atom is -0.457 e. The van der Waals surface area contributed by atoms with Crippen LogP contribution in [0.5, 0.6) is 0 Å². The van der Waals surface area contributed by atoms with E-state index in [0.29, 0.717) is 24.4 Å². The van der Waals surface area contributed by atoms with E-state index in [1.54, 1.807) is 6.92 Å². The van der Waals surface area contributed by atoms with Gasteiger partial charge in [-0.1, -0.05) is 24.4 Å². The Kier molecular flexibility index (Phi) is 7.98. The van der Waals surface area contributed by atoms with Crippen molar-refractivity contribution in [3.63, 3.8) is 0 Å². The van der Waals surface area contributed by atoms with Crippen molar-refractivity contribution >= 4 is 32.9 Å². The van der Waals surface area contributed by atoms with Gasteiger partial charge in [0.05, 0.1) is 6.26 Å². The minimum atomic E-state index is -3.37.